The summed E-state index contributed by atoms with van der Waals surface area (Å²) in [4.78, 5) is 13.4. The van der Waals surface area contributed by atoms with Crippen molar-refractivity contribution in [1.29, 1.82) is 0 Å². The maximum absolute atomic E-state index is 11.4. The Hall–Kier alpha value is -2.80. The van der Waals surface area contributed by atoms with E-state index < -0.39 is 0 Å². The summed E-state index contributed by atoms with van der Waals surface area (Å²) in [6, 6.07) is 14.1. The highest BCUT2D eigenvalue weighted by molar-refractivity contribution is 5.69. The molecule has 7 nitrogen and oxygen atoms in total. The second-order valence-corrected chi connectivity index (χ2v) is 7.55. The number of nitrogens with one attached hydrogen (secondary N) is 1. The first-order valence-corrected chi connectivity index (χ1v) is 9.74. The molecule has 28 heavy (non-hydrogen) atoms. The lowest BCUT2D eigenvalue weighted by atomic mass is 10.1. The van der Waals surface area contributed by atoms with Crippen molar-refractivity contribution < 1.29 is 15.0 Å². The number of nitro benzene ring substituents is 1. The fraction of sp³-hybridized carbons (Fsp3) is 0.429. The molecule has 1 fully saturated rings. The number of piperazine rings is 1. The molecule has 1 saturated heterocycles. The van der Waals surface area contributed by atoms with Crippen LogP contribution in [0.25, 0.3) is 0 Å². The number of nitro groups is 1. The van der Waals surface area contributed by atoms with Crippen molar-refractivity contribution in [3.05, 3.63) is 58.1 Å². The first-order valence-electron chi connectivity index (χ1n) is 9.74. The predicted molar refractivity (Wildman–Crippen MR) is 111 cm³/mol. The summed E-state index contributed by atoms with van der Waals surface area (Å²) >= 11 is 0. The summed E-state index contributed by atoms with van der Waals surface area (Å²) in [6.07, 6.45) is 0. The number of ether oxygens (including phenoxy) is 1. The van der Waals surface area contributed by atoms with Crippen LogP contribution in [0.3, 0.4) is 0 Å². The third-order valence-corrected chi connectivity index (χ3v) is 4.98. The number of quaternary nitrogens is 1. The van der Waals surface area contributed by atoms with Crippen molar-refractivity contribution in [1.82, 2.24) is 0 Å². The first-order chi connectivity index (χ1) is 13.4. The van der Waals surface area contributed by atoms with Crippen molar-refractivity contribution in [2.24, 2.45) is 0 Å². The third kappa shape index (κ3) is 4.92. The molecule has 1 heterocycles. The monoisotopic (exact) mass is 385 g/mol. The van der Waals surface area contributed by atoms with Gasteiger partial charge >= 0.3 is 0 Å². The van der Waals surface area contributed by atoms with Gasteiger partial charge in [0.15, 0.2) is 0 Å². The number of benzene rings is 2. The van der Waals surface area contributed by atoms with Crippen molar-refractivity contribution >= 4 is 17.1 Å². The van der Waals surface area contributed by atoms with E-state index in [-0.39, 0.29) is 10.6 Å². The highest BCUT2D eigenvalue weighted by atomic mass is 16.6. The smallest absolute Gasteiger partial charge is 0.292 e. The number of aryl methyl sites for hydroxylation is 1. The summed E-state index contributed by atoms with van der Waals surface area (Å²) in [5.41, 5.74) is 2.70. The quantitative estimate of drug-likeness (QED) is 0.435. The fourth-order valence-electron chi connectivity index (χ4n) is 3.75. The van der Waals surface area contributed by atoms with Gasteiger partial charge in [-0.1, -0.05) is 18.2 Å². The zero-order chi connectivity index (χ0) is 20.1. The van der Waals surface area contributed by atoms with E-state index in [9.17, 15) is 10.1 Å². The molecule has 2 aromatic rings. The number of anilines is 2. The number of nitrogens with two attached hydrogens (primary N) is 1. The molecule has 0 unspecified atom stereocenters. The Morgan fingerprint density at radius 3 is 2.61 bits per heavy atom. The lowest BCUT2D eigenvalue weighted by Crippen LogP contribution is -2.99. The van der Waals surface area contributed by atoms with E-state index in [1.165, 1.54) is 0 Å². The number of hydrogen-bond acceptors (Lipinski definition) is 5. The predicted octanol–water partition coefficient (Wildman–Crippen LogP) is 2.55. The van der Waals surface area contributed by atoms with Crippen molar-refractivity contribution in [2.45, 2.75) is 32.9 Å². The number of hydrogen-bond donors (Lipinski definition) is 2. The number of nitrogens with zero attached hydrogens (tertiary/aromatic N) is 2. The lowest BCUT2D eigenvalue weighted by molar-refractivity contribution is -0.716. The molecule has 1 aliphatic heterocycles. The number of rotatable bonds is 7. The molecule has 3 rings (SSSR count). The van der Waals surface area contributed by atoms with Crippen LogP contribution in [0.15, 0.2) is 42.5 Å². The minimum Gasteiger partial charge on any atom is -0.491 e. The van der Waals surface area contributed by atoms with Crippen LogP contribution >= 0.6 is 0 Å². The largest absolute Gasteiger partial charge is 0.491 e. The zero-order valence-electron chi connectivity index (χ0n) is 16.7. The zero-order valence-corrected chi connectivity index (χ0v) is 16.7. The molecule has 0 bridgehead atoms. The summed E-state index contributed by atoms with van der Waals surface area (Å²) in [7, 11) is 0. The Morgan fingerprint density at radius 1 is 1.21 bits per heavy atom. The van der Waals surface area contributed by atoms with Gasteiger partial charge in [-0.3, -0.25) is 10.1 Å². The van der Waals surface area contributed by atoms with Gasteiger partial charge in [-0.2, -0.15) is 0 Å². The Labute approximate surface area is 165 Å². The van der Waals surface area contributed by atoms with Gasteiger partial charge in [-0.05, 0) is 44.5 Å². The van der Waals surface area contributed by atoms with Crippen LogP contribution in [0.1, 0.15) is 19.4 Å². The molecule has 3 N–H and O–H groups in total. The third-order valence-electron chi connectivity index (χ3n) is 4.98. The van der Waals surface area contributed by atoms with Gasteiger partial charge in [-0.25, -0.2) is 0 Å². The summed E-state index contributed by atoms with van der Waals surface area (Å²) in [5.74, 6) is 0.833. The van der Waals surface area contributed by atoms with Crippen LogP contribution in [0.5, 0.6) is 5.75 Å². The normalized spacial score (nSPS) is 19.3. The van der Waals surface area contributed by atoms with E-state index in [0.717, 1.165) is 30.1 Å². The molecule has 7 heteroatoms. The second kappa shape index (κ2) is 8.93. The molecule has 0 aliphatic carbocycles. The average molecular weight is 385 g/mol. The fourth-order valence-corrected chi connectivity index (χ4v) is 3.75. The van der Waals surface area contributed by atoms with Gasteiger partial charge in [0.1, 0.15) is 30.1 Å². The maximum atomic E-state index is 11.4. The summed E-state index contributed by atoms with van der Waals surface area (Å²) in [6.45, 7) is 9.18. The van der Waals surface area contributed by atoms with E-state index in [4.69, 9.17) is 4.74 Å². The lowest BCUT2D eigenvalue weighted by Gasteiger charge is -2.35. The molecule has 2 aromatic carbocycles. The van der Waals surface area contributed by atoms with Crippen LogP contribution in [-0.4, -0.2) is 43.2 Å². The maximum Gasteiger partial charge on any atom is 0.292 e. The van der Waals surface area contributed by atoms with Gasteiger partial charge in [0.2, 0.25) is 0 Å². The van der Waals surface area contributed by atoms with Gasteiger partial charge in [0, 0.05) is 18.3 Å². The first kappa shape index (κ1) is 19.9. The second-order valence-electron chi connectivity index (χ2n) is 7.55. The topological polar surface area (TPSA) is 84.2 Å². The summed E-state index contributed by atoms with van der Waals surface area (Å²) < 4.78 is 5.79. The van der Waals surface area contributed by atoms with Gasteiger partial charge in [0.05, 0.1) is 18.0 Å². The highest BCUT2D eigenvalue weighted by Crippen LogP contribution is 2.30. The Morgan fingerprint density at radius 2 is 1.93 bits per heavy atom. The highest BCUT2D eigenvalue weighted by Gasteiger charge is 2.26. The summed E-state index contributed by atoms with van der Waals surface area (Å²) in [5, 5.41) is 17.0. The SMILES string of the molecule is Cc1ccccc1OCCNc1cc(N2C[C@@H](C)[NH2+][C@@H](C)C2)ccc1[N+](=O)[O-]. The average Bonchev–Trinajstić information content (AvgIpc) is 2.65. The van der Waals surface area contributed by atoms with E-state index in [2.05, 4.69) is 29.4 Å². The van der Waals surface area contributed by atoms with E-state index in [0.29, 0.717) is 30.9 Å². The van der Waals surface area contributed by atoms with Crippen LogP contribution < -0.4 is 20.3 Å². The van der Waals surface area contributed by atoms with Crippen LogP contribution in [0.2, 0.25) is 0 Å². The standard InChI is InChI=1S/C21H28N4O3/c1-15-6-4-5-7-21(15)28-11-10-22-19-12-18(8-9-20(19)25(26)27)24-13-16(2)23-17(3)14-24/h4-9,12,16-17,22-23H,10-11,13-14H2,1-3H3/p+1/t16-,17+. The van der Waals surface area contributed by atoms with E-state index in [1.54, 1.807) is 6.07 Å². The minimum atomic E-state index is -0.344. The molecule has 0 aromatic heterocycles. The van der Waals surface area contributed by atoms with Crippen molar-refractivity contribution in [3.8, 4) is 5.75 Å². The Balaban J connectivity index is 1.68. The Bertz CT molecular complexity index is 817. The van der Waals surface area contributed by atoms with Crippen molar-refractivity contribution in [2.75, 3.05) is 36.5 Å². The van der Waals surface area contributed by atoms with E-state index in [1.807, 2.05) is 43.3 Å². The van der Waals surface area contributed by atoms with Crippen LogP contribution in [0, 0.1) is 17.0 Å². The van der Waals surface area contributed by atoms with Crippen molar-refractivity contribution in [3.63, 3.8) is 0 Å². The van der Waals surface area contributed by atoms with E-state index >= 15 is 0 Å². The number of para-hydroxylation sites is 1. The van der Waals surface area contributed by atoms with Gasteiger partial charge < -0.3 is 20.3 Å². The minimum absolute atomic E-state index is 0.0873. The Kier molecular flexibility index (Phi) is 6.36. The van der Waals surface area contributed by atoms with Crippen LogP contribution in [0.4, 0.5) is 17.1 Å². The van der Waals surface area contributed by atoms with Gasteiger partial charge in [-0.15, -0.1) is 0 Å². The molecular weight excluding hydrogens is 356 g/mol. The molecule has 0 spiro atoms. The molecule has 1 aliphatic rings. The van der Waals surface area contributed by atoms with Gasteiger partial charge in [0.25, 0.3) is 5.69 Å². The molecule has 0 amide bonds. The molecule has 0 saturated carbocycles. The molecule has 2 atom stereocenters. The molecular formula is C21H29N4O3+. The molecule has 150 valence electrons. The molecule has 0 radical (unpaired) electrons. The van der Waals surface area contributed by atoms with Crippen LogP contribution in [-0.2, 0) is 0 Å².